The summed E-state index contributed by atoms with van der Waals surface area (Å²) in [6, 6.07) is 0. The summed E-state index contributed by atoms with van der Waals surface area (Å²) in [6.45, 7) is 13.1. The second-order valence-electron chi connectivity index (χ2n) is 5.17. The zero-order valence-corrected chi connectivity index (χ0v) is 10.0. The maximum Gasteiger partial charge on any atom is 0.0545 e. The summed E-state index contributed by atoms with van der Waals surface area (Å²) < 4.78 is 0. The van der Waals surface area contributed by atoms with Crippen LogP contribution in [0, 0.1) is 23.7 Å². The SMILES string of the molecule is CC(C)CC(C)C(C(C)C)C(C)O. The van der Waals surface area contributed by atoms with Gasteiger partial charge in [-0.15, -0.1) is 0 Å². The first-order valence-corrected chi connectivity index (χ1v) is 5.54. The first kappa shape index (κ1) is 13.0. The van der Waals surface area contributed by atoms with Crippen LogP contribution < -0.4 is 0 Å². The minimum atomic E-state index is -0.172. The van der Waals surface area contributed by atoms with Crippen molar-refractivity contribution in [1.82, 2.24) is 0 Å². The molecule has 1 N–H and O–H groups in total. The second kappa shape index (κ2) is 5.64. The van der Waals surface area contributed by atoms with Gasteiger partial charge in [-0.25, -0.2) is 0 Å². The third kappa shape index (κ3) is 4.66. The standard InChI is InChI=1S/C12H26O/c1-8(2)7-10(5)12(9(3)4)11(6)13/h8-13H,7H2,1-6H3. The van der Waals surface area contributed by atoms with E-state index in [-0.39, 0.29) is 6.10 Å². The lowest BCUT2D eigenvalue weighted by molar-refractivity contribution is 0.0558. The van der Waals surface area contributed by atoms with Crippen LogP contribution in [0.4, 0.5) is 0 Å². The van der Waals surface area contributed by atoms with E-state index < -0.39 is 0 Å². The van der Waals surface area contributed by atoms with Crippen molar-refractivity contribution in [3.8, 4) is 0 Å². The van der Waals surface area contributed by atoms with Gasteiger partial charge >= 0.3 is 0 Å². The van der Waals surface area contributed by atoms with E-state index in [2.05, 4.69) is 34.6 Å². The van der Waals surface area contributed by atoms with E-state index in [4.69, 9.17) is 0 Å². The molecule has 13 heavy (non-hydrogen) atoms. The molecule has 0 heterocycles. The molecule has 1 nitrogen and oxygen atoms in total. The molecule has 0 aromatic rings. The summed E-state index contributed by atoms with van der Waals surface area (Å²) in [5.41, 5.74) is 0. The van der Waals surface area contributed by atoms with E-state index in [1.807, 2.05) is 6.92 Å². The van der Waals surface area contributed by atoms with Gasteiger partial charge in [-0.1, -0.05) is 34.6 Å². The average molecular weight is 186 g/mol. The molecule has 0 aromatic carbocycles. The maximum atomic E-state index is 9.67. The fraction of sp³-hybridized carbons (Fsp3) is 1.00. The molecule has 3 atom stereocenters. The van der Waals surface area contributed by atoms with Gasteiger partial charge in [0, 0.05) is 0 Å². The van der Waals surface area contributed by atoms with E-state index in [0.29, 0.717) is 17.8 Å². The molecule has 0 radical (unpaired) electrons. The summed E-state index contributed by atoms with van der Waals surface area (Å²) >= 11 is 0. The minimum Gasteiger partial charge on any atom is -0.393 e. The topological polar surface area (TPSA) is 20.2 Å². The molecule has 0 aliphatic heterocycles. The molecule has 80 valence electrons. The Hall–Kier alpha value is -0.0400. The number of aliphatic hydroxyl groups is 1. The lowest BCUT2D eigenvalue weighted by atomic mass is 9.77. The Morgan fingerprint density at radius 3 is 1.62 bits per heavy atom. The predicted molar refractivity (Wildman–Crippen MR) is 58.6 cm³/mol. The molecule has 0 rings (SSSR count). The van der Waals surface area contributed by atoms with Crippen LogP contribution in [0.2, 0.25) is 0 Å². The van der Waals surface area contributed by atoms with Crippen LogP contribution in [0.5, 0.6) is 0 Å². The van der Waals surface area contributed by atoms with Gasteiger partial charge in [0.1, 0.15) is 0 Å². The van der Waals surface area contributed by atoms with Crippen molar-refractivity contribution in [3.63, 3.8) is 0 Å². The number of hydrogen-bond acceptors (Lipinski definition) is 1. The quantitative estimate of drug-likeness (QED) is 0.698. The Bertz CT molecular complexity index is 119. The predicted octanol–water partition coefficient (Wildman–Crippen LogP) is 3.32. The van der Waals surface area contributed by atoms with Crippen molar-refractivity contribution in [2.75, 3.05) is 0 Å². The summed E-state index contributed by atoms with van der Waals surface area (Å²) in [6.07, 6.45) is 1.04. The van der Waals surface area contributed by atoms with Crippen LogP contribution >= 0.6 is 0 Å². The highest BCUT2D eigenvalue weighted by Crippen LogP contribution is 2.29. The molecule has 0 saturated heterocycles. The van der Waals surface area contributed by atoms with Gasteiger partial charge in [0.2, 0.25) is 0 Å². The lowest BCUT2D eigenvalue weighted by Crippen LogP contribution is -2.29. The second-order valence-corrected chi connectivity index (χ2v) is 5.17. The van der Waals surface area contributed by atoms with Gasteiger partial charge in [0.25, 0.3) is 0 Å². The molecule has 0 spiro atoms. The van der Waals surface area contributed by atoms with E-state index >= 15 is 0 Å². The number of hydrogen-bond donors (Lipinski definition) is 1. The van der Waals surface area contributed by atoms with Crippen LogP contribution in [0.25, 0.3) is 0 Å². The Morgan fingerprint density at radius 2 is 1.38 bits per heavy atom. The monoisotopic (exact) mass is 186 g/mol. The molecule has 0 bridgehead atoms. The van der Waals surface area contributed by atoms with Crippen molar-refractivity contribution in [2.45, 2.75) is 54.1 Å². The summed E-state index contributed by atoms with van der Waals surface area (Å²) in [7, 11) is 0. The van der Waals surface area contributed by atoms with E-state index in [1.165, 1.54) is 6.42 Å². The normalized spacial score (nSPS) is 19.2. The fourth-order valence-electron chi connectivity index (χ4n) is 2.59. The molecule has 0 fully saturated rings. The van der Waals surface area contributed by atoms with Crippen LogP contribution in [-0.4, -0.2) is 11.2 Å². The van der Waals surface area contributed by atoms with E-state index in [1.54, 1.807) is 0 Å². The zero-order valence-electron chi connectivity index (χ0n) is 10.0. The highest BCUT2D eigenvalue weighted by Gasteiger charge is 2.25. The maximum absolute atomic E-state index is 9.67. The van der Waals surface area contributed by atoms with E-state index in [0.717, 1.165) is 5.92 Å². The molecule has 1 heteroatoms. The third-order valence-corrected chi connectivity index (χ3v) is 2.83. The Labute approximate surface area is 83.5 Å². The lowest BCUT2D eigenvalue weighted by Gasteiger charge is -2.31. The van der Waals surface area contributed by atoms with Crippen LogP contribution in [0.15, 0.2) is 0 Å². The fourth-order valence-corrected chi connectivity index (χ4v) is 2.59. The van der Waals surface area contributed by atoms with Crippen molar-refractivity contribution in [2.24, 2.45) is 23.7 Å². The van der Waals surface area contributed by atoms with Gasteiger partial charge < -0.3 is 5.11 Å². The first-order valence-electron chi connectivity index (χ1n) is 5.54. The highest BCUT2D eigenvalue weighted by molar-refractivity contribution is 4.75. The number of aliphatic hydroxyl groups excluding tert-OH is 1. The van der Waals surface area contributed by atoms with Gasteiger partial charge in [0.15, 0.2) is 0 Å². The van der Waals surface area contributed by atoms with Crippen molar-refractivity contribution in [1.29, 1.82) is 0 Å². The summed E-state index contributed by atoms with van der Waals surface area (Å²) in [5.74, 6) is 2.38. The van der Waals surface area contributed by atoms with E-state index in [9.17, 15) is 5.11 Å². The zero-order chi connectivity index (χ0) is 10.6. The minimum absolute atomic E-state index is 0.172. The van der Waals surface area contributed by atoms with Gasteiger partial charge in [-0.2, -0.15) is 0 Å². The van der Waals surface area contributed by atoms with Gasteiger partial charge in [0.05, 0.1) is 6.10 Å². The summed E-state index contributed by atoms with van der Waals surface area (Å²) in [5, 5.41) is 9.67. The molecule has 0 saturated carbocycles. The molecule has 0 amide bonds. The van der Waals surface area contributed by atoms with Gasteiger partial charge in [-0.3, -0.25) is 0 Å². The molecular formula is C12H26O. The van der Waals surface area contributed by atoms with Crippen LogP contribution in [-0.2, 0) is 0 Å². The molecular weight excluding hydrogens is 160 g/mol. The van der Waals surface area contributed by atoms with Crippen LogP contribution in [0.3, 0.4) is 0 Å². The van der Waals surface area contributed by atoms with Crippen molar-refractivity contribution >= 4 is 0 Å². The first-order chi connectivity index (χ1) is 5.86. The number of rotatable bonds is 5. The molecule has 3 unspecified atom stereocenters. The smallest absolute Gasteiger partial charge is 0.0545 e. The molecule has 0 aliphatic carbocycles. The largest absolute Gasteiger partial charge is 0.393 e. The third-order valence-electron chi connectivity index (χ3n) is 2.83. The Balaban J connectivity index is 4.20. The summed E-state index contributed by atoms with van der Waals surface area (Å²) in [4.78, 5) is 0. The van der Waals surface area contributed by atoms with Crippen molar-refractivity contribution < 1.29 is 5.11 Å². The Morgan fingerprint density at radius 1 is 0.923 bits per heavy atom. The van der Waals surface area contributed by atoms with Gasteiger partial charge in [-0.05, 0) is 37.0 Å². The Kier molecular flexibility index (Phi) is 5.62. The average Bonchev–Trinajstić information content (AvgIpc) is 1.81. The van der Waals surface area contributed by atoms with Crippen LogP contribution in [0.1, 0.15) is 48.0 Å². The van der Waals surface area contributed by atoms with Crippen molar-refractivity contribution in [3.05, 3.63) is 0 Å². The molecule has 0 aliphatic rings. The highest BCUT2D eigenvalue weighted by atomic mass is 16.3. The molecule has 0 aromatic heterocycles.